The van der Waals surface area contributed by atoms with Crippen LogP contribution < -0.4 is 4.90 Å². The molecule has 2 aliphatic rings. The molecule has 0 fully saturated rings. The number of carbonyl (C=O) groups is 3. The molecule has 5 nitrogen and oxygen atoms in total. The summed E-state index contributed by atoms with van der Waals surface area (Å²) in [6.07, 6.45) is 2.21. The lowest BCUT2D eigenvalue weighted by Gasteiger charge is -2.39. The first kappa shape index (κ1) is 26.4. The quantitative estimate of drug-likeness (QED) is 0.416. The number of halogens is 3. The van der Waals surface area contributed by atoms with E-state index >= 15 is 4.39 Å². The van der Waals surface area contributed by atoms with Crippen LogP contribution in [0.3, 0.4) is 0 Å². The number of allylic oxidation sites excluding steroid dienone is 1. The van der Waals surface area contributed by atoms with Crippen molar-refractivity contribution in [3.8, 4) is 0 Å². The molecule has 0 N–H and O–H groups in total. The minimum Gasteiger partial charge on any atom is -0.463 e. The van der Waals surface area contributed by atoms with Crippen molar-refractivity contribution >= 4 is 46.7 Å². The molecular formula is C28H28Cl2FNO4. The van der Waals surface area contributed by atoms with Crippen molar-refractivity contribution in [1.82, 2.24) is 0 Å². The molecule has 0 saturated heterocycles. The Morgan fingerprint density at radius 3 is 2.47 bits per heavy atom. The third-order valence-electron chi connectivity index (χ3n) is 6.89. The molecule has 2 aromatic carbocycles. The first-order valence-corrected chi connectivity index (χ1v) is 12.6. The van der Waals surface area contributed by atoms with E-state index in [-0.39, 0.29) is 28.2 Å². The number of anilines is 1. The highest BCUT2D eigenvalue weighted by molar-refractivity contribution is 6.32. The Balaban J connectivity index is 2.12. The van der Waals surface area contributed by atoms with Crippen LogP contribution in [0, 0.1) is 17.2 Å². The monoisotopic (exact) mass is 531 g/mol. The molecule has 190 valence electrons. The predicted octanol–water partition coefficient (Wildman–Crippen LogP) is 6.60. The van der Waals surface area contributed by atoms with Gasteiger partial charge in [-0.25, -0.2) is 14.1 Å². The Hall–Kier alpha value is -2.70. The van der Waals surface area contributed by atoms with Gasteiger partial charge < -0.3 is 4.74 Å². The van der Waals surface area contributed by atoms with Crippen molar-refractivity contribution in [2.75, 3.05) is 11.5 Å². The summed E-state index contributed by atoms with van der Waals surface area (Å²) in [5.74, 6) is -4.00. The molecule has 8 heteroatoms. The van der Waals surface area contributed by atoms with Crippen molar-refractivity contribution in [2.45, 2.75) is 52.4 Å². The Morgan fingerprint density at radius 2 is 1.86 bits per heavy atom. The van der Waals surface area contributed by atoms with Crippen LogP contribution in [0.2, 0.25) is 10.0 Å². The average molecular weight is 532 g/mol. The lowest BCUT2D eigenvalue weighted by molar-refractivity contribution is -0.138. The Bertz CT molecular complexity index is 1300. The molecule has 4 rings (SSSR count). The molecule has 1 aliphatic heterocycles. The number of hydrogen-bond donors (Lipinski definition) is 0. The largest absolute Gasteiger partial charge is 0.463 e. The number of nitrogens with zero attached hydrogens (tertiary/aromatic N) is 1. The van der Waals surface area contributed by atoms with Gasteiger partial charge in [-0.3, -0.25) is 9.59 Å². The fourth-order valence-electron chi connectivity index (χ4n) is 5.74. The summed E-state index contributed by atoms with van der Waals surface area (Å²) in [6, 6.07) is 9.42. The first-order chi connectivity index (χ1) is 16.8. The van der Waals surface area contributed by atoms with E-state index in [1.165, 1.54) is 19.1 Å². The molecule has 1 aliphatic carbocycles. The van der Waals surface area contributed by atoms with Crippen molar-refractivity contribution in [2.24, 2.45) is 11.3 Å². The highest BCUT2D eigenvalue weighted by Gasteiger charge is 2.65. The Kier molecular flexibility index (Phi) is 6.82. The van der Waals surface area contributed by atoms with E-state index in [9.17, 15) is 14.4 Å². The van der Waals surface area contributed by atoms with E-state index in [2.05, 4.69) is 0 Å². The third-order valence-corrected chi connectivity index (χ3v) is 7.41. The number of ether oxygens (including phenoxy) is 1. The van der Waals surface area contributed by atoms with Crippen molar-refractivity contribution in [3.05, 3.63) is 75.0 Å². The molecule has 1 heterocycles. The van der Waals surface area contributed by atoms with Crippen molar-refractivity contribution < 1.29 is 23.5 Å². The van der Waals surface area contributed by atoms with E-state index in [1.54, 1.807) is 37.3 Å². The van der Waals surface area contributed by atoms with E-state index in [0.29, 0.717) is 22.7 Å². The summed E-state index contributed by atoms with van der Waals surface area (Å²) in [5, 5.41) is 0.217. The standard InChI is InChI=1S/C28H28Cl2FNO4/c1-6-36-25(34)19-12-16(14-27(3,4)5)28(23(19)18-8-7-9-21(30)24(18)31)20-11-10-17(29)13-22(20)32(15(2)33)26(28)35/h7-13,16,23H,6,14H2,1-5H3/t16-,23+,28+/m1/s1. The zero-order valence-corrected chi connectivity index (χ0v) is 22.3. The molecule has 2 amide bonds. The van der Waals surface area contributed by atoms with E-state index in [4.69, 9.17) is 27.9 Å². The topological polar surface area (TPSA) is 63.7 Å². The molecule has 36 heavy (non-hydrogen) atoms. The van der Waals surface area contributed by atoms with Gasteiger partial charge in [-0.2, -0.15) is 0 Å². The maximum Gasteiger partial charge on any atom is 0.334 e. The van der Waals surface area contributed by atoms with Gasteiger partial charge in [0.05, 0.1) is 22.7 Å². The highest BCUT2D eigenvalue weighted by Crippen LogP contribution is 2.63. The summed E-state index contributed by atoms with van der Waals surface area (Å²) in [5.41, 5.74) is -0.630. The van der Waals surface area contributed by atoms with Gasteiger partial charge in [0, 0.05) is 23.4 Å². The molecule has 0 radical (unpaired) electrons. The number of hydrogen-bond acceptors (Lipinski definition) is 4. The maximum atomic E-state index is 15.7. The molecular weight excluding hydrogens is 504 g/mol. The number of benzene rings is 2. The third kappa shape index (κ3) is 4.04. The Labute approximate surface area is 220 Å². The van der Waals surface area contributed by atoms with Gasteiger partial charge in [0.25, 0.3) is 0 Å². The lowest BCUT2D eigenvalue weighted by atomic mass is 9.61. The highest BCUT2D eigenvalue weighted by atomic mass is 35.5. The summed E-state index contributed by atoms with van der Waals surface area (Å²) < 4.78 is 21.0. The summed E-state index contributed by atoms with van der Waals surface area (Å²) in [6.45, 7) is 9.16. The molecule has 2 aromatic rings. The maximum absolute atomic E-state index is 15.7. The van der Waals surface area contributed by atoms with Crippen LogP contribution >= 0.6 is 23.2 Å². The molecule has 3 atom stereocenters. The minimum absolute atomic E-state index is 0.0952. The van der Waals surface area contributed by atoms with Crippen molar-refractivity contribution in [3.63, 3.8) is 0 Å². The second-order valence-corrected chi connectivity index (χ2v) is 11.3. The molecule has 0 unspecified atom stereocenters. The lowest BCUT2D eigenvalue weighted by Crippen LogP contribution is -2.49. The fourth-order valence-corrected chi connectivity index (χ4v) is 6.09. The van der Waals surface area contributed by atoms with Crippen LogP contribution in [0.15, 0.2) is 48.0 Å². The van der Waals surface area contributed by atoms with Gasteiger partial charge in [-0.1, -0.05) is 68.2 Å². The average Bonchev–Trinajstić information content (AvgIpc) is 3.22. The van der Waals surface area contributed by atoms with Gasteiger partial charge >= 0.3 is 5.97 Å². The normalized spacial score (nSPS) is 23.2. The van der Waals surface area contributed by atoms with Crippen LogP contribution in [0.5, 0.6) is 0 Å². The number of rotatable bonds is 4. The zero-order valence-electron chi connectivity index (χ0n) is 20.8. The van der Waals surface area contributed by atoms with Crippen LogP contribution in [0.25, 0.3) is 0 Å². The smallest absolute Gasteiger partial charge is 0.334 e. The summed E-state index contributed by atoms with van der Waals surface area (Å²) in [4.78, 5) is 41.7. The van der Waals surface area contributed by atoms with Crippen LogP contribution in [-0.2, 0) is 24.5 Å². The number of carbonyl (C=O) groups excluding carboxylic acids is 3. The van der Waals surface area contributed by atoms with Crippen LogP contribution in [0.1, 0.15) is 58.1 Å². The molecule has 1 spiro atoms. The molecule has 0 saturated carbocycles. The first-order valence-electron chi connectivity index (χ1n) is 11.8. The van der Waals surface area contributed by atoms with Gasteiger partial charge in [0.1, 0.15) is 5.82 Å². The molecule has 0 aromatic heterocycles. The van der Waals surface area contributed by atoms with Gasteiger partial charge in [-0.05, 0) is 54.0 Å². The minimum atomic E-state index is -1.48. The van der Waals surface area contributed by atoms with E-state index in [1.807, 2.05) is 20.8 Å². The second kappa shape index (κ2) is 9.31. The van der Waals surface area contributed by atoms with Gasteiger partial charge in [0.15, 0.2) is 0 Å². The Morgan fingerprint density at radius 1 is 1.17 bits per heavy atom. The summed E-state index contributed by atoms with van der Waals surface area (Å²) in [7, 11) is 0. The van der Waals surface area contributed by atoms with Crippen LogP contribution in [0.4, 0.5) is 10.1 Å². The number of esters is 1. The fraction of sp³-hybridized carbons (Fsp3) is 0.393. The second-order valence-electron chi connectivity index (χ2n) is 10.5. The molecule has 0 bridgehead atoms. The number of imide groups is 1. The summed E-state index contributed by atoms with van der Waals surface area (Å²) >= 11 is 12.5. The van der Waals surface area contributed by atoms with Gasteiger partial charge in [-0.15, -0.1) is 0 Å². The van der Waals surface area contributed by atoms with Crippen LogP contribution in [-0.4, -0.2) is 24.4 Å². The predicted molar refractivity (Wildman–Crippen MR) is 138 cm³/mol. The van der Waals surface area contributed by atoms with Gasteiger partial charge in [0.2, 0.25) is 11.8 Å². The van der Waals surface area contributed by atoms with E-state index < -0.39 is 40.9 Å². The van der Waals surface area contributed by atoms with E-state index in [0.717, 1.165) is 4.90 Å². The van der Waals surface area contributed by atoms with Crippen molar-refractivity contribution in [1.29, 1.82) is 0 Å². The SMILES string of the molecule is CCOC(=O)C1=C[C@H](CC(C)(C)C)[C@@]2(C(=O)N(C(C)=O)c3cc(Cl)ccc32)[C@H]1c1cccc(Cl)c1F. The zero-order chi connectivity index (χ0) is 26.6. The number of fused-ring (bicyclic) bond motifs is 2. The number of amides is 2.